The standard InChI is InChI=1S/C22H20ClNO3S/c1-14-9-17(19(25)12-28-22-6-4-3-5-18(22)23)15(2)24(14)11-16-7-8-20-21(10-16)27-13-26-20/h3-10H,11-13H2,1-2H3. The number of Topliss-reactive ketones (excluding diaryl/α,β-unsaturated/α-hetero) is 1. The van der Waals surface area contributed by atoms with Crippen LogP contribution in [-0.4, -0.2) is 22.9 Å². The summed E-state index contributed by atoms with van der Waals surface area (Å²) in [6.45, 7) is 4.96. The Hall–Kier alpha value is -2.37. The zero-order chi connectivity index (χ0) is 19.7. The summed E-state index contributed by atoms with van der Waals surface area (Å²) in [5, 5.41) is 0.675. The van der Waals surface area contributed by atoms with Gasteiger partial charge in [0.2, 0.25) is 6.79 Å². The van der Waals surface area contributed by atoms with Crippen molar-refractivity contribution in [1.82, 2.24) is 4.57 Å². The molecule has 2 aromatic carbocycles. The van der Waals surface area contributed by atoms with E-state index in [0.717, 1.165) is 38.9 Å². The van der Waals surface area contributed by atoms with Gasteiger partial charge < -0.3 is 14.0 Å². The number of thioether (sulfide) groups is 1. The number of rotatable bonds is 6. The molecular formula is C22H20ClNO3S. The van der Waals surface area contributed by atoms with Gasteiger partial charge in [0.25, 0.3) is 0 Å². The summed E-state index contributed by atoms with van der Waals surface area (Å²) in [7, 11) is 0. The lowest BCUT2D eigenvalue weighted by Gasteiger charge is -2.11. The molecule has 1 aliphatic heterocycles. The normalized spacial score (nSPS) is 12.4. The molecule has 4 rings (SSSR count). The van der Waals surface area contributed by atoms with Crippen molar-refractivity contribution < 1.29 is 14.3 Å². The molecule has 144 valence electrons. The van der Waals surface area contributed by atoms with Crippen molar-refractivity contribution in [2.75, 3.05) is 12.5 Å². The molecule has 0 saturated heterocycles. The average molecular weight is 414 g/mol. The second-order valence-corrected chi connectivity index (χ2v) is 8.13. The van der Waals surface area contributed by atoms with Gasteiger partial charge in [-0.15, -0.1) is 11.8 Å². The lowest BCUT2D eigenvalue weighted by Crippen LogP contribution is -2.07. The summed E-state index contributed by atoms with van der Waals surface area (Å²) in [5.74, 6) is 2.01. The zero-order valence-corrected chi connectivity index (χ0v) is 17.3. The number of aryl methyl sites for hydroxylation is 1. The molecule has 0 radical (unpaired) electrons. The first-order valence-corrected chi connectivity index (χ1v) is 10.3. The highest BCUT2D eigenvalue weighted by Crippen LogP contribution is 2.33. The van der Waals surface area contributed by atoms with E-state index in [4.69, 9.17) is 21.1 Å². The lowest BCUT2D eigenvalue weighted by atomic mass is 10.1. The molecule has 0 spiro atoms. The fourth-order valence-electron chi connectivity index (χ4n) is 3.33. The van der Waals surface area contributed by atoms with Crippen molar-refractivity contribution in [2.24, 2.45) is 0 Å². The molecule has 28 heavy (non-hydrogen) atoms. The van der Waals surface area contributed by atoms with Gasteiger partial charge in [0, 0.05) is 28.4 Å². The van der Waals surface area contributed by atoms with Crippen molar-refractivity contribution in [3.8, 4) is 11.5 Å². The SMILES string of the molecule is Cc1cc(C(=O)CSc2ccccc2Cl)c(C)n1Cc1ccc2c(c1)OCO2. The van der Waals surface area contributed by atoms with Crippen LogP contribution in [0.5, 0.6) is 11.5 Å². The predicted octanol–water partition coefficient (Wildman–Crippen LogP) is 5.51. The summed E-state index contributed by atoms with van der Waals surface area (Å²) < 4.78 is 13.0. The first kappa shape index (κ1) is 19.0. The van der Waals surface area contributed by atoms with Crippen LogP contribution in [0.2, 0.25) is 5.02 Å². The van der Waals surface area contributed by atoms with Crippen LogP contribution in [0, 0.1) is 13.8 Å². The van der Waals surface area contributed by atoms with Crippen LogP contribution in [0.1, 0.15) is 27.3 Å². The van der Waals surface area contributed by atoms with Gasteiger partial charge in [-0.2, -0.15) is 0 Å². The Morgan fingerprint density at radius 3 is 2.71 bits per heavy atom. The van der Waals surface area contributed by atoms with Crippen LogP contribution in [-0.2, 0) is 6.54 Å². The number of hydrogen-bond donors (Lipinski definition) is 0. The largest absolute Gasteiger partial charge is 0.454 e. The first-order valence-electron chi connectivity index (χ1n) is 8.98. The lowest BCUT2D eigenvalue weighted by molar-refractivity contribution is 0.102. The monoisotopic (exact) mass is 413 g/mol. The molecule has 0 fully saturated rings. The maximum Gasteiger partial charge on any atom is 0.231 e. The van der Waals surface area contributed by atoms with Gasteiger partial charge in [0.05, 0.1) is 10.8 Å². The smallest absolute Gasteiger partial charge is 0.231 e. The highest BCUT2D eigenvalue weighted by Gasteiger charge is 2.18. The molecular weight excluding hydrogens is 394 g/mol. The minimum absolute atomic E-state index is 0.106. The molecule has 0 aliphatic carbocycles. The molecule has 4 nitrogen and oxygen atoms in total. The van der Waals surface area contributed by atoms with E-state index in [-0.39, 0.29) is 12.6 Å². The molecule has 6 heteroatoms. The predicted molar refractivity (Wildman–Crippen MR) is 112 cm³/mol. The minimum atomic E-state index is 0.106. The van der Waals surface area contributed by atoms with E-state index in [0.29, 0.717) is 17.3 Å². The number of ketones is 1. The van der Waals surface area contributed by atoms with Gasteiger partial charge in [-0.05, 0) is 49.7 Å². The molecule has 0 unspecified atom stereocenters. The van der Waals surface area contributed by atoms with Gasteiger partial charge in [-0.25, -0.2) is 0 Å². The van der Waals surface area contributed by atoms with Gasteiger partial charge in [-0.1, -0.05) is 29.8 Å². The van der Waals surface area contributed by atoms with Crippen molar-refractivity contribution in [3.05, 3.63) is 76.1 Å². The molecule has 2 heterocycles. The third kappa shape index (κ3) is 3.77. The molecule has 0 bridgehead atoms. The highest BCUT2D eigenvalue weighted by atomic mass is 35.5. The summed E-state index contributed by atoms with van der Waals surface area (Å²) in [6.07, 6.45) is 0. The van der Waals surface area contributed by atoms with E-state index in [1.54, 1.807) is 0 Å². The quantitative estimate of drug-likeness (QED) is 0.394. The molecule has 0 atom stereocenters. The summed E-state index contributed by atoms with van der Waals surface area (Å²) in [5.41, 5.74) is 3.90. The number of ether oxygens (including phenoxy) is 2. The Kier molecular flexibility index (Phi) is 5.38. The Labute approximate surface area is 173 Å². The number of carbonyl (C=O) groups is 1. The van der Waals surface area contributed by atoms with Crippen LogP contribution in [0.25, 0.3) is 0 Å². The molecule has 0 amide bonds. The van der Waals surface area contributed by atoms with Crippen LogP contribution >= 0.6 is 23.4 Å². The van der Waals surface area contributed by atoms with Gasteiger partial charge in [0.15, 0.2) is 17.3 Å². The number of carbonyl (C=O) groups excluding carboxylic acids is 1. The van der Waals surface area contributed by atoms with E-state index in [9.17, 15) is 4.79 Å². The second-order valence-electron chi connectivity index (χ2n) is 6.70. The number of aromatic nitrogens is 1. The fourth-order valence-corrected chi connectivity index (χ4v) is 4.45. The highest BCUT2D eigenvalue weighted by molar-refractivity contribution is 8.00. The number of fused-ring (bicyclic) bond motifs is 1. The number of benzene rings is 2. The topological polar surface area (TPSA) is 40.5 Å². The minimum Gasteiger partial charge on any atom is -0.454 e. The third-order valence-corrected chi connectivity index (χ3v) is 6.36. The summed E-state index contributed by atoms with van der Waals surface area (Å²) >= 11 is 7.66. The van der Waals surface area contributed by atoms with E-state index < -0.39 is 0 Å². The molecule has 3 aromatic rings. The van der Waals surface area contributed by atoms with Gasteiger partial charge >= 0.3 is 0 Å². The Morgan fingerprint density at radius 1 is 1.11 bits per heavy atom. The van der Waals surface area contributed by atoms with Crippen LogP contribution in [0.3, 0.4) is 0 Å². The number of halogens is 1. The summed E-state index contributed by atoms with van der Waals surface area (Å²) in [6, 6.07) is 15.5. The van der Waals surface area contributed by atoms with Crippen LogP contribution in [0.4, 0.5) is 0 Å². The van der Waals surface area contributed by atoms with Crippen LogP contribution < -0.4 is 9.47 Å². The van der Waals surface area contributed by atoms with Crippen molar-refractivity contribution in [3.63, 3.8) is 0 Å². The maximum absolute atomic E-state index is 12.8. The van der Waals surface area contributed by atoms with E-state index in [2.05, 4.69) is 4.57 Å². The molecule has 0 N–H and O–H groups in total. The van der Waals surface area contributed by atoms with Crippen molar-refractivity contribution >= 4 is 29.1 Å². The van der Waals surface area contributed by atoms with E-state index in [1.165, 1.54) is 11.8 Å². The molecule has 1 aromatic heterocycles. The molecule has 0 saturated carbocycles. The van der Waals surface area contributed by atoms with Gasteiger partial charge in [0.1, 0.15) is 0 Å². The third-order valence-electron chi connectivity index (χ3n) is 4.85. The first-order chi connectivity index (χ1) is 13.5. The number of nitrogens with zero attached hydrogens (tertiary/aromatic N) is 1. The Bertz CT molecular complexity index is 1040. The van der Waals surface area contributed by atoms with E-state index in [1.807, 2.05) is 62.4 Å². The van der Waals surface area contributed by atoms with Crippen molar-refractivity contribution in [2.45, 2.75) is 25.3 Å². The Balaban J connectivity index is 1.50. The Morgan fingerprint density at radius 2 is 1.89 bits per heavy atom. The van der Waals surface area contributed by atoms with E-state index >= 15 is 0 Å². The van der Waals surface area contributed by atoms with Gasteiger partial charge in [-0.3, -0.25) is 4.79 Å². The fraction of sp³-hybridized carbons (Fsp3) is 0.227. The second kappa shape index (κ2) is 7.94. The zero-order valence-electron chi connectivity index (χ0n) is 15.7. The average Bonchev–Trinajstić information content (AvgIpc) is 3.26. The summed E-state index contributed by atoms with van der Waals surface area (Å²) in [4.78, 5) is 13.7. The number of hydrogen-bond acceptors (Lipinski definition) is 4. The van der Waals surface area contributed by atoms with Crippen molar-refractivity contribution in [1.29, 1.82) is 0 Å². The maximum atomic E-state index is 12.8. The molecule has 1 aliphatic rings. The van der Waals surface area contributed by atoms with Crippen LogP contribution in [0.15, 0.2) is 53.4 Å².